The van der Waals surface area contributed by atoms with E-state index in [1.165, 1.54) is 7.11 Å². The summed E-state index contributed by atoms with van der Waals surface area (Å²) in [5.41, 5.74) is 0. The first-order valence-corrected chi connectivity index (χ1v) is 6.58. The first kappa shape index (κ1) is 13.6. The number of rotatable bonds is 4. The maximum atomic E-state index is 11.5. The molecule has 0 amide bonds. The van der Waals surface area contributed by atoms with Crippen LogP contribution in [0.5, 0.6) is 5.75 Å². The van der Waals surface area contributed by atoms with Crippen molar-refractivity contribution in [2.24, 2.45) is 5.92 Å². The molecule has 0 unspecified atom stereocenters. The van der Waals surface area contributed by atoms with E-state index in [2.05, 4.69) is 10.3 Å². The van der Waals surface area contributed by atoms with Gasteiger partial charge in [0, 0.05) is 12.2 Å². The van der Waals surface area contributed by atoms with E-state index in [1.807, 2.05) is 12.1 Å². The molecule has 0 saturated heterocycles. The Morgan fingerprint density at radius 2 is 2.05 bits per heavy atom. The Morgan fingerprint density at radius 3 is 2.68 bits per heavy atom. The van der Waals surface area contributed by atoms with Crippen molar-refractivity contribution in [2.75, 3.05) is 19.5 Å². The third kappa shape index (κ3) is 3.36. The lowest BCUT2D eigenvalue weighted by atomic mass is 9.86. The van der Waals surface area contributed by atoms with Crippen LogP contribution in [0.3, 0.4) is 0 Å². The molecule has 19 heavy (non-hydrogen) atoms. The van der Waals surface area contributed by atoms with Crippen LogP contribution in [0.25, 0.3) is 0 Å². The summed E-state index contributed by atoms with van der Waals surface area (Å²) >= 11 is 0. The zero-order valence-electron chi connectivity index (χ0n) is 11.4. The maximum absolute atomic E-state index is 11.5. The molecule has 1 aromatic rings. The van der Waals surface area contributed by atoms with Crippen molar-refractivity contribution in [3.63, 3.8) is 0 Å². The van der Waals surface area contributed by atoms with E-state index in [0.29, 0.717) is 6.04 Å². The molecular formula is C14H20N2O3. The highest BCUT2D eigenvalue weighted by Crippen LogP contribution is 2.29. The summed E-state index contributed by atoms with van der Waals surface area (Å²) in [6.45, 7) is 0. The minimum absolute atomic E-state index is 0.0497. The lowest BCUT2D eigenvalue weighted by Crippen LogP contribution is -2.30. The molecular weight excluding hydrogens is 244 g/mol. The van der Waals surface area contributed by atoms with Gasteiger partial charge in [-0.1, -0.05) is 0 Å². The van der Waals surface area contributed by atoms with Crippen LogP contribution in [0, 0.1) is 5.92 Å². The summed E-state index contributed by atoms with van der Waals surface area (Å²) in [6.07, 6.45) is 5.35. The van der Waals surface area contributed by atoms with Gasteiger partial charge in [-0.25, -0.2) is 4.98 Å². The number of nitrogens with one attached hydrogen (secondary N) is 1. The van der Waals surface area contributed by atoms with E-state index < -0.39 is 0 Å². The predicted molar refractivity (Wildman–Crippen MR) is 72.2 cm³/mol. The number of anilines is 1. The van der Waals surface area contributed by atoms with E-state index in [9.17, 15) is 4.79 Å². The Kier molecular flexibility index (Phi) is 4.60. The number of methoxy groups -OCH3 is 2. The van der Waals surface area contributed by atoms with Crippen LogP contribution in [0.1, 0.15) is 25.7 Å². The predicted octanol–water partition coefficient (Wildman–Crippen LogP) is 2.23. The fourth-order valence-electron chi connectivity index (χ4n) is 2.50. The van der Waals surface area contributed by atoms with Gasteiger partial charge in [0.15, 0.2) is 11.6 Å². The first-order valence-electron chi connectivity index (χ1n) is 6.58. The molecule has 1 heterocycles. The summed E-state index contributed by atoms with van der Waals surface area (Å²) in [5, 5.41) is 3.39. The lowest BCUT2D eigenvalue weighted by molar-refractivity contribution is -0.146. The number of ether oxygens (including phenoxy) is 2. The number of carbonyl (C=O) groups is 1. The Morgan fingerprint density at radius 1 is 1.32 bits per heavy atom. The molecule has 5 nitrogen and oxygen atoms in total. The molecule has 1 aromatic heterocycles. The van der Waals surface area contributed by atoms with Crippen LogP contribution in [0.4, 0.5) is 5.82 Å². The largest absolute Gasteiger partial charge is 0.493 e. The molecule has 1 aliphatic carbocycles. The summed E-state index contributed by atoms with van der Waals surface area (Å²) in [5.74, 6) is 1.48. The van der Waals surface area contributed by atoms with Crippen LogP contribution < -0.4 is 10.1 Å². The summed E-state index contributed by atoms with van der Waals surface area (Å²) < 4.78 is 10.1. The van der Waals surface area contributed by atoms with Gasteiger partial charge in [-0.2, -0.15) is 0 Å². The van der Waals surface area contributed by atoms with Gasteiger partial charge in [-0.05, 0) is 37.8 Å². The van der Waals surface area contributed by atoms with Gasteiger partial charge in [0.2, 0.25) is 0 Å². The van der Waals surface area contributed by atoms with Crippen molar-refractivity contribution in [2.45, 2.75) is 31.7 Å². The molecule has 1 aliphatic rings. The van der Waals surface area contributed by atoms with Crippen LogP contribution in [-0.2, 0) is 9.53 Å². The summed E-state index contributed by atoms with van der Waals surface area (Å²) in [4.78, 5) is 15.7. The van der Waals surface area contributed by atoms with Crippen molar-refractivity contribution in [3.8, 4) is 5.75 Å². The van der Waals surface area contributed by atoms with Gasteiger partial charge >= 0.3 is 5.97 Å². The Balaban J connectivity index is 1.90. The Labute approximate surface area is 113 Å². The van der Waals surface area contributed by atoms with Crippen molar-refractivity contribution >= 4 is 11.8 Å². The minimum Gasteiger partial charge on any atom is -0.493 e. The third-order valence-electron chi connectivity index (χ3n) is 3.59. The molecule has 0 atom stereocenters. The highest BCUT2D eigenvalue weighted by atomic mass is 16.5. The van der Waals surface area contributed by atoms with Gasteiger partial charge in [0.25, 0.3) is 0 Å². The molecule has 0 radical (unpaired) electrons. The average Bonchev–Trinajstić information content (AvgIpc) is 2.48. The number of hydrogen-bond acceptors (Lipinski definition) is 5. The van der Waals surface area contributed by atoms with Crippen molar-refractivity contribution in [1.29, 1.82) is 0 Å². The molecule has 0 spiro atoms. The van der Waals surface area contributed by atoms with Gasteiger partial charge < -0.3 is 14.8 Å². The van der Waals surface area contributed by atoms with E-state index in [1.54, 1.807) is 13.3 Å². The van der Waals surface area contributed by atoms with E-state index in [0.717, 1.165) is 37.3 Å². The van der Waals surface area contributed by atoms with Gasteiger partial charge in [0.1, 0.15) is 0 Å². The quantitative estimate of drug-likeness (QED) is 0.845. The topological polar surface area (TPSA) is 60.5 Å². The minimum atomic E-state index is -0.0890. The van der Waals surface area contributed by atoms with Crippen molar-refractivity contribution < 1.29 is 14.3 Å². The Hall–Kier alpha value is -1.78. The van der Waals surface area contributed by atoms with E-state index >= 15 is 0 Å². The summed E-state index contributed by atoms with van der Waals surface area (Å²) in [7, 11) is 3.09. The standard InChI is InChI=1S/C14H20N2O3/c1-18-12-4-3-9-15-13(12)16-11-7-5-10(6-8-11)14(17)19-2/h3-4,9-11H,5-8H2,1-2H3,(H,15,16). The fraction of sp³-hybridized carbons (Fsp3) is 0.571. The molecule has 0 aromatic carbocycles. The van der Waals surface area contributed by atoms with Crippen LogP contribution in [0.15, 0.2) is 18.3 Å². The molecule has 2 rings (SSSR count). The fourth-order valence-corrected chi connectivity index (χ4v) is 2.50. The van der Waals surface area contributed by atoms with Crippen molar-refractivity contribution in [3.05, 3.63) is 18.3 Å². The highest BCUT2D eigenvalue weighted by Gasteiger charge is 2.27. The number of esters is 1. The van der Waals surface area contributed by atoms with Crippen LogP contribution in [-0.4, -0.2) is 31.2 Å². The van der Waals surface area contributed by atoms with E-state index in [-0.39, 0.29) is 11.9 Å². The number of nitrogens with zero attached hydrogens (tertiary/aromatic N) is 1. The van der Waals surface area contributed by atoms with Crippen molar-refractivity contribution in [1.82, 2.24) is 4.98 Å². The molecule has 0 aliphatic heterocycles. The maximum Gasteiger partial charge on any atom is 0.308 e. The number of carbonyl (C=O) groups excluding carboxylic acids is 1. The average molecular weight is 264 g/mol. The van der Waals surface area contributed by atoms with Crippen LogP contribution in [0.2, 0.25) is 0 Å². The lowest BCUT2D eigenvalue weighted by Gasteiger charge is -2.28. The molecule has 104 valence electrons. The number of pyridine rings is 1. The first-order chi connectivity index (χ1) is 9.24. The summed E-state index contributed by atoms with van der Waals surface area (Å²) in [6, 6.07) is 4.07. The third-order valence-corrected chi connectivity index (χ3v) is 3.59. The van der Waals surface area contributed by atoms with Gasteiger partial charge in [-0.15, -0.1) is 0 Å². The smallest absolute Gasteiger partial charge is 0.308 e. The Bertz CT molecular complexity index is 428. The van der Waals surface area contributed by atoms with Gasteiger partial charge in [0.05, 0.1) is 20.1 Å². The molecule has 1 saturated carbocycles. The second kappa shape index (κ2) is 6.41. The highest BCUT2D eigenvalue weighted by molar-refractivity contribution is 5.72. The zero-order valence-corrected chi connectivity index (χ0v) is 11.4. The zero-order chi connectivity index (χ0) is 13.7. The SMILES string of the molecule is COC(=O)C1CCC(Nc2ncccc2OC)CC1. The molecule has 5 heteroatoms. The second-order valence-corrected chi connectivity index (χ2v) is 4.77. The monoisotopic (exact) mass is 264 g/mol. The molecule has 1 fully saturated rings. The number of aromatic nitrogens is 1. The second-order valence-electron chi connectivity index (χ2n) is 4.77. The molecule has 0 bridgehead atoms. The molecule has 1 N–H and O–H groups in total. The van der Waals surface area contributed by atoms with Crippen LogP contribution >= 0.6 is 0 Å². The van der Waals surface area contributed by atoms with Gasteiger partial charge in [-0.3, -0.25) is 4.79 Å². The van der Waals surface area contributed by atoms with E-state index in [4.69, 9.17) is 9.47 Å². The normalized spacial score (nSPS) is 22.6. The number of hydrogen-bond donors (Lipinski definition) is 1.